The van der Waals surface area contributed by atoms with Gasteiger partial charge in [0.1, 0.15) is 22.3 Å². The smallest absolute Gasteiger partial charge is 0.410 e. The van der Waals surface area contributed by atoms with Gasteiger partial charge in [0.2, 0.25) is 5.88 Å². The molecule has 1 saturated heterocycles. The van der Waals surface area contributed by atoms with E-state index >= 15 is 0 Å². The maximum atomic E-state index is 15.0. The molecule has 2 aliphatic rings. The molecule has 4 heterocycles. The van der Waals surface area contributed by atoms with Crippen molar-refractivity contribution in [3.8, 4) is 5.88 Å². The van der Waals surface area contributed by atoms with E-state index in [1.54, 1.807) is 4.90 Å². The molecular formula is C21H27ClFN5O3S. The summed E-state index contributed by atoms with van der Waals surface area (Å²) in [7, 11) is 0. The number of thioether (sulfide) groups is 1. The molecule has 4 rings (SSSR count). The van der Waals surface area contributed by atoms with Crippen molar-refractivity contribution >= 4 is 46.2 Å². The first-order chi connectivity index (χ1) is 15.1. The topological polar surface area (TPSA) is 80.7 Å². The Kier molecular flexibility index (Phi) is 6.28. The van der Waals surface area contributed by atoms with Crippen molar-refractivity contribution in [3.05, 3.63) is 11.0 Å². The zero-order valence-electron chi connectivity index (χ0n) is 18.8. The largest absolute Gasteiger partial charge is 0.477 e. The van der Waals surface area contributed by atoms with Gasteiger partial charge < -0.3 is 19.3 Å². The zero-order valence-corrected chi connectivity index (χ0v) is 20.4. The highest BCUT2D eigenvalue weighted by atomic mass is 35.5. The summed E-state index contributed by atoms with van der Waals surface area (Å²) in [4.78, 5) is 30.0. The van der Waals surface area contributed by atoms with E-state index in [0.717, 1.165) is 5.75 Å². The van der Waals surface area contributed by atoms with E-state index in [1.807, 2.05) is 34.6 Å². The van der Waals surface area contributed by atoms with Crippen LogP contribution in [0.5, 0.6) is 5.88 Å². The Hall–Kier alpha value is -2.07. The number of pyridine rings is 1. The van der Waals surface area contributed by atoms with Gasteiger partial charge in [0.15, 0.2) is 16.1 Å². The average molecular weight is 484 g/mol. The molecule has 2 aliphatic heterocycles. The summed E-state index contributed by atoms with van der Waals surface area (Å²) in [5, 5.41) is 0.600. The van der Waals surface area contributed by atoms with Crippen LogP contribution in [-0.2, 0) is 4.74 Å². The number of hydrogen-bond acceptors (Lipinski definition) is 8. The molecule has 2 aromatic rings. The number of piperazine rings is 1. The molecule has 0 aliphatic carbocycles. The van der Waals surface area contributed by atoms with Crippen LogP contribution in [0.1, 0.15) is 41.0 Å². The second-order valence-corrected chi connectivity index (χ2v) is 10.5. The standard InChI is InChI=1S/C21H27ClFN5O3S/c1-6-32-19-24-15-13-17(26-19)28-9-11(2)27(20(29)31-21(3,4)5)10-12(28)7-8-30-18(13)25-16(22)14(15)23/h11-12H,6-10H2,1-5H3/t11-,12+/m1/s1. The maximum absolute atomic E-state index is 15.0. The van der Waals surface area contributed by atoms with Crippen molar-refractivity contribution in [2.24, 2.45) is 0 Å². The molecule has 32 heavy (non-hydrogen) atoms. The van der Waals surface area contributed by atoms with E-state index in [0.29, 0.717) is 42.5 Å². The molecule has 8 nitrogen and oxygen atoms in total. The highest BCUT2D eigenvalue weighted by Crippen LogP contribution is 2.40. The first-order valence-electron chi connectivity index (χ1n) is 10.7. The lowest BCUT2D eigenvalue weighted by atomic mass is 10.0. The van der Waals surface area contributed by atoms with Crippen LogP contribution >= 0.6 is 23.4 Å². The molecular weight excluding hydrogens is 457 g/mol. The fraction of sp³-hybridized carbons (Fsp3) is 0.619. The van der Waals surface area contributed by atoms with Gasteiger partial charge in [-0.05, 0) is 33.4 Å². The zero-order chi connectivity index (χ0) is 23.2. The number of fused-ring (bicyclic) bond motifs is 2. The van der Waals surface area contributed by atoms with Gasteiger partial charge in [-0.2, -0.15) is 4.98 Å². The number of anilines is 1. The number of rotatable bonds is 2. The van der Waals surface area contributed by atoms with Crippen LogP contribution in [0.3, 0.4) is 0 Å². The molecule has 0 aromatic carbocycles. The second kappa shape index (κ2) is 8.70. The number of nitrogens with zero attached hydrogens (tertiary/aromatic N) is 5. The lowest BCUT2D eigenvalue weighted by molar-refractivity contribution is 0.0115. The van der Waals surface area contributed by atoms with E-state index in [-0.39, 0.29) is 34.7 Å². The fourth-order valence-electron chi connectivity index (χ4n) is 3.99. The Morgan fingerprint density at radius 1 is 1.31 bits per heavy atom. The summed E-state index contributed by atoms with van der Waals surface area (Å²) in [5.74, 6) is 0.841. The van der Waals surface area contributed by atoms with E-state index < -0.39 is 11.4 Å². The first-order valence-corrected chi connectivity index (χ1v) is 12.0. The Balaban J connectivity index is 1.79. The molecule has 0 N–H and O–H groups in total. The van der Waals surface area contributed by atoms with Gasteiger partial charge in [-0.15, -0.1) is 0 Å². The minimum atomic E-state index is -0.687. The molecule has 0 saturated carbocycles. The van der Waals surface area contributed by atoms with Crippen molar-refractivity contribution in [2.45, 2.75) is 63.9 Å². The van der Waals surface area contributed by atoms with Crippen molar-refractivity contribution in [1.82, 2.24) is 19.9 Å². The van der Waals surface area contributed by atoms with Gasteiger partial charge in [0.05, 0.1) is 12.6 Å². The Morgan fingerprint density at radius 2 is 2.06 bits per heavy atom. The van der Waals surface area contributed by atoms with E-state index in [4.69, 9.17) is 26.1 Å². The third-order valence-electron chi connectivity index (χ3n) is 5.38. The predicted molar refractivity (Wildman–Crippen MR) is 122 cm³/mol. The summed E-state index contributed by atoms with van der Waals surface area (Å²) in [6.45, 7) is 10.8. The average Bonchev–Trinajstić information content (AvgIpc) is 2.69. The van der Waals surface area contributed by atoms with Crippen molar-refractivity contribution in [1.29, 1.82) is 0 Å². The van der Waals surface area contributed by atoms with Crippen molar-refractivity contribution in [2.75, 3.05) is 30.3 Å². The molecule has 2 atom stereocenters. The van der Waals surface area contributed by atoms with Crippen molar-refractivity contribution in [3.63, 3.8) is 0 Å². The molecule has 174 valence electrons. The number of amides is 1. The lowest BCUT2D eigenvalue weighted by Crippen LogP contribution is -2.60. The van der Waals surface area contributed by atoms with Gasteiger partial charge in [-0.3, -0.25) is 0 Å². The third-order valence-corrected chi connectivity index (χ3v) is 6.36. The van der Waals surface area contributed by atoms with Gasteiger partial charge in [0, 0.05) is 25.6 Å². The summed E-state index contributed by atoms with van der Waals surface area (Å²) in [6, 6.07) is -0.217. The Bertz CT molecular complexity index is 1050. The van der Waals surface area contributed by atoms with E-state index in [1.165, 1.54) is 11.8 Å². The molecule has 0 unspecified atom stereocenters. The molecule has 11 heteroatoms. The van der Waals surface area contributed by atoms with Gasteiger partial charge >= 0.3 is 6.09 Å². The van der Waals surface area contributed by atoms with Crippen LogP contribution in [0.2, 0.25) is 5.15 Å². The van der Waals surface area contributed by atoms with Gasteiger partial charge in [-0.1, -0.05) is 30.3 Å². The molecule has 1 amide bonds. The molecule has 2 aromatic heterocycles. The van der Waals surface area contributed by atoms with E-state index in [9.17, 15) is 9.18 Å². The predicted octanol–water partition coefficient (Wildman–Crippen LogP) is 4.53. The van der Waals surface area contributed by atoms with Crippen LogP contribution in [0, 0.1) is 5.82 Å². The molecule has 1 fully saturated rings. The van der Waals surface area contributed by atoms with E-state index in [2.05, 4.69) is 14.9 Å². The normalized spacial score (nSPS) is 21.0. The van der Waals surface area contributed by atoms with Crippen LogP contribution in [0.15, 0.2) is 5.16 Å². The number of aromatic nitrogens is 3. The highest BCUT2D eigenvalue weighted by molar-refractivity contribution is 7.99. The SMILES string of the molecule is CCSc1nc2c3c(nc(Cl)c(F)c3n1)OCC[C@H]1CN(C(=O)OC(C)(C)C)[C@H](C)CN21. The summed E-state index contributed by atoms with van der Waals surface area (Å²) in [5.41, 5.74) is -0.478. The van der Waals surface area contributed by atoms with Crippen LogP contribution < -0.4 is 9.64 Å². The Morgan fingerprint density at radius 3 is 2.75 bits per heavy atom. The van der Waals surface area contributed by atoms with Gasteiger partial charge in [0.25, 0.3) is 0 Å². The molecule has 0 spiro atoms. The highest BCUT2D eigenvalue weighted by Gasteiger charge is 2.39. The summed E-state index contributed by atoms with van der Waals surface area (Å²) >= 11 is 7.46. The van der Waals surface area contributed by atoms with Crippen molar-refractivity contribution < 1.29 is 18.7 Å². The number of carbonyl (C=O) groups is 1. The van der Waals surface area contributed by atoms with Crippen LogP contribution in [0.25, 0.3) is 10.9 Å². The number of hydrogen-bond donors (Lipinski definition) is 0. The minimum absolute atomic E-state index is 0.0804. The van der Waals surface area contributed by atoms with Gasteiger partial charge in [-0.25, -0.2) is 19.2 Å². The lowest BCUT2D eigenvalue weighted by Gasteiger charge is -2.46. The Labute approximate surface area is 195 Å². The van der Waals surface area contributed by atoms with Crippen LogP contribution in [0.4, 0.5) is 15.0 Å². The first kappa shape index (κ1) is 23.1. The number of ether oxygens (including phenoxy) is 2. The molecule has 0 radical (unpaired) electrons. The number of carbonyl (C=O) groups excluding carboxylic acids is 1. The second-order valence-electron chi connectivity index (χ2n) is 8.93. The monoisotopic (exact) mass is 483 g/mol. The fourth-order valence-corrected chi connectivity index (χ4v) is 4.72. The summed E-state index contributed by atoms with van der Waals surface area (Å²) in [6.07, 6.45) is 0.284. The quantitative estimate of drug-likeness (QED) is 0.350. The molecule has 0 bridgehead atoms. The summed E-state index contributed by atoms with van der Waals surface area (Å²) < 4.78 is 26.5. The minimum Gasteiger partial charge on any atom is -0.477 e. The van der Waals surface area contributed by atoms with Crippen LogP contribution in [-0.4, -0.2) is 69.1 Å². The third kappa shape index (κ3) is 4.39. The maximum Gasteiger partial charge on any atom is 0.410 e. The number of halogens is 2.